The van der Waals surface area contributed by atoms with Crippen LogP contribution in [0.2, 0.25) is 5.02 Å². The fourth-order valence-corrected chi connectivity index (χ4v) is 3.19. The molecule has 6 heteroatoms. The summed E-state index contributed by atoms with van der Waals surface area (Å²) in [5.41, 5.74) is 2.07. The fraction of sp³-hybridized carbons (Fsp3) is 0.316. The highest BCUT2D eigenvalue weighted by Gasteiger charge is 2.21. The van der Waals surface area contributed by atoms with E-state index in [9.17, 15) is 9.18 Å². The van der Waals surface area contributed by atoms with Gasteiger partial charge in [-0.05, 0) is 43.8 Å². The highest BCUT2D eigenvalue weighted by atomic mass is 35.5. The van der Waals surface area contributed by atoms with Crippen molar-refractivity contribution in [2.24, 2.45) is 5.92 Å². The van der Waals surface area contributed by atoms with Gasteiger partial charge in [0.25, 0.3) is 0 Å². The third kappa shape index (κ3) is 4.50. The third-order valence-corrected chi connectivity index (χ3v) is 4.62. The second-order valence-corrected chi connectivity index (χ2v) is 6.72. The molecule has 1 aliphatic rings. The van der Waals surface area contributed by atoms with Gasteiger partial charge >= 0.3 is 6.09 Å². The lowest BCUT2D eigenvalue weighted by atomic mass is 10.0. The largest absolute Gasteiger partial charge is 0.449 e. The summed E-state index contributed by atoms with van der Waals surface area (Å²) in [4.78, 5) is 14.3. The Morgan fingerprint density at radius 1 is 1.36 bits per heavy atom. The van der Waals surface area contributed by atoms with Gasteiger partial charge in [0.2, 0.25) is 0 Å². The van der Waals surface area contributed by atoms with Gasteiger partial charge in [0.1, 0.15) is 5.82 Å². The molecule has 0 aliphatic carbocycles. The number of anilines is 1. The van der Waals surface area contributed by atoms with Gasteiger partial charge in [-0.2, -0.15) is 0 Å². The van der Waals surface area contributed by atoms with Gasteiger partial charge in [0.15, 0.2) is 0 Å². The molecule has 1 saturated heterocycles. The normalized spacial score (nSPS) is 17.5. The van der Waals surface area contributed by atoms with Crippen molar-refractivity contribution in [1.29, 1.82) is 0 Å². The van der Waals surface area contributed by atoms with Crippen LogP contribution < -0.4 is 5.32 Å². The maximum absolute atomic E-state index is 13.4. The minimum atomic E-state index is -0.491. The zero-order chi connectivity index (χ0) is 17.8. The lowest BCUT2D eigenvalue weighted by Crippen LogP contribution is -2.21. The van der Waals surface area contributed by atoms with Crippen LogP contribution in [0.1, 0.15) is 6.42 Å². The molecule has 25 heavy (non-hydrogen) atoms. The molecule has 3 rings (SSSR count). The van der Waals surface area contributed by atoms with Crippen molar-refractivity contribution in [3.63, 3.8) is 0 Å². The number of likely N-dealkylation sites (tertiary alicyclic amines) is 1. The summed E-state index contributed by atoms with van der Waals surface area (Å²) in [5.74, 6) is -0.0984. The van der Waals surface area contributed by atoms with Crippen LogP contribution in [-0.2, 0) is 4.74 Å². The first kappa shape index (κ1) is 17.7. The average Bonchev–Trinajstić information content (AvgIpc) is 3.02. The van der Waals surface area contributed by atoms with Crippen molar-refractivity contribution >= 4 is 23.4 Å². The standard InChI is InChI=1S/C19H20ClFN2O2/c1-23-9-8-13(11-23)12-25-19(24)22-18-5-3-2-4-15(18)14-6-7-17(21)16(20)10-14/h2-7,10,13H,8-9,11-12H2,1H3,(H,22,24)/t13-/m1/s1. The zero-order valence-electron chi connectivity index (χ0n) is 14.0. The molecule has 0 radical (unpaired) electrons. The molecule has 1 atom stereocenters. The number of para-hydroxylation sites is 1. The number of carbonyl (C=O) groups excluding carboxylic acids is 1. The van der Waals surface area contributed by atoms with E-state index in [1.54, 1.807) is 12.1 Å². The summed E-state index contributed by atoms with van der Waals surface area (Å²) in [5, 5.41) is 2.81. The number of nitrogens with one attached hydrogen (secondary N) is 1. The molecule has 132 valence electrons. The van der Waals surface area contributed by atoms with Crippen molar-refractivity contribution in [2.75, 3.05) is 32.1 Å². The van der Waals surface area contributed by atoms with E-state index in [2.05, 4.69) is 17.3 Å². The van der Waals surface area contributed by atoms with Gasteiger partial charge in [-0.3, -0.25) is 5.32 Å². The van der Waals surface area contributed by atoms with Crippen molar-refractivity contribution in [1.82, 2.24) is 4.90 Å². The van der Waals surface area contributed by atoms with Gasteiger partial charge < -0.3 is 9.64 Å². The maximum atomic E-state index is 13.4. The molecule has 0 bridgehead atoms. The highest BCUT2D eigenvalue weighted by molar-refractivity contribution is 6.31. The van der Waals surface area contributed by atoms with Gasteiger partial charge in [-0.15, -0.1) is 0 Å². The van der Waals surface area contributed by atoms with Gasteiger partial charge in [-0.1, -0.05) is 35.9 Å². The number of rotatable bonds is 4. The van der Waals surface area contributed by atoms with Crippen LogP contribution in [0.25, 0.3) is 11.1 Å². The molecular weight excluding hydrogens is 343 g/mol. The summed E-state index contributed by atoms with van der Waals surface area (Å²) in [7, 11) is 2.06. The first-order valence-electron chi connectivity index (χ1n) is 8.19. The number of nitrogens with zero attached hydrogens (tertiary/aromatic N) is 1. The van der Waals surface area contributed by atoms with Crippen LogP contribution in [0, 0.1) is 11.7 Å². The number of amides is 1. The second-order valence-electron chi connectivity index (χ2n) is 6.31. The van der Waals surface area contributed by atoms with Crippen LogP contribution in [0.3, 0.4) is 0 Å². The third-order valence-electron chi connectivity index (χ3n) is 4.33. The monoisotopic (exact) mass is 362 g/mol. The molecule has 0 unspecified atom stereocenters. The molecule has 1 fully saturated rings. The molecule has 4 nitrogen and oxygen atoms in total. The molecule has 0 saturated carbocycles. The Balaban J connectivity index is 1.68. The quantitative estimate of drug-likeness (QED) is 0.861. The van der Waals surface area contributed by atoms with Crippen LogP contribution in [0.15, 0.2) is 42.5 Å². The fourth-order valence-electron chi connectivity index (χ4n) is 3.01. The van der Waals surface area contributed by atoms with E-state index >= 15 is 0 Å². The predicted octanol–water partition coefficient (Wildman–Crippen LogP) is 4.65. The lowest BCUT2D eigenvalue weighted by Gasteiger charge is -2.14. The summed E-state index contributed by atoms with van der Waals surface area (Å²) < 4.78 is 18.7. The SMILES string of the molecule is CN1CC[C@@H](COC(=O)Nc2ccccc2-c2ccc(F)c(Cl)c2)C1. The average molecular weight is 363 g/mol. The van der Waals surface area contributed by atoms with E-state index in [0.717, 1.165) is 30.6 Å². The highest BCUT2D eigenvalue weighted by Crippen LogP contribution is 2.30. The molecule has 0 spiro atoms. The van der Waals surface area contributed by atoms with E-state index in [0.29, 0.717) is 18.2 Å². The first-order valence-corrected chi connectivity index (χ1v) is 8.57. The number of carbonyl (C=O) groups is 1. The van der Waals surface area contributed by atoms with Gasteiger partial charge in [0, 0.05) is 18.0 Å². The van der Waals surface area contributed by atoms with Crippen molar-refractivity contribution in [3.05, 3.63) is 53.3 Å². The summed E-state index contributed by atoms with van der Waals surface area (Å²) in [6, 6.07) is 11.7. The number of hydrogen-bond donors (Lipinski definition) is 1. The van der Waals surface area contributed by atoms with Crippen molar-refractivity contribution in [2.45, 2.75) is 6.42 Å². The molecule has 2 aromatic rings. The Hall–Kier alpha value is -2.11. The van der Waals surface area contributed by atoms with Crippen LogP contribution in [0.4, 0.5) is 14.9 Å². The van der Waals surface area contributed by atoms with E-state index in [4.69, 9.17) is 16.3 Å². The Labute approximate surface area is 151 Å². The molecule has 1 aliphatic heterocycles. The second kappa shape index (κ2) is 7.85. The van der Waals surface area contributed by atoms with E-state index in [-0.39, 0.29) is 5.02 Å². The summed E-state index contributed by atoms with van der Waals surface area (Å²) >= 11 is 5.86. The van der Waals surface area contributed by atoms with Gasteiger partial charge in [0.05, 0.1) is 17.3 Å². The Bertz CT molecular complexity index is 769. The van der Waals surface area contributed by atoms with Crippen LogP contribution in [0.5, 0.6) is 0 Å². The van der Waals surface area contributed by atoms with Crippen LogP contribution in [-0.4, -0.2) is 37.7 Å². The molecule has 1 amide bonds. The Morgan fingerprint density at radius 3 is 2.88 bits per heavy atom. The Morgan fingerprint density at radius 2 is 2.16 bits per heavy atom. The van der Waals surface area contributed by atoms with E-state index in [1.807, 2.05) is 18.2 Å². The van der Waals surface area contributed by atoms with Crippen molar-refractivity contribution in [3.8, 4) is 11.1 Å². The number of benzene rings is 2. The molecule has 1 N–H and O–H groups in total. The smallest absolute Gasteiger partial charge is 0.411 e. The van der Waals surface area contributed by atoms with E-state index in [1.165, 1.54) is 12.1 Å². The summed E-state index contributed by atoms with van der Waals surface area (Å²) in [6.45, 7) is 2.38. The van der Waals surface area contributed by atoms with E-state index < -0.39 is 11.9 Å². The number of hydrogen-bond acceptors (Lipinski definition) is 3. The number of ether oxygens (including phenoxy) is 1. The molecule has 2 aromatic carbocycles. The minimum absolute atomic E-state index is 0.0419. The molecular formula is C19H20ClFN2O2. The maximum Gasteiger partial charge on any atom is 0.411 e. The predicted molar refractivity (Wildman–Crippen MR) is 97.4 cm³/mol. The minimum Gasteiger partial charge on any atom is -0.449 e. The Kier molecular flexibility index (Phi) is 5.56. The molecule has 1 heterocycles. The molecule has 0 aromatic heterocycles. The van der Waals surface area contributed by atoms with Crippen molar-refractivity contribution < 1.29 is 13.9 Å². The number of halogens is 2. The topological polar surface area (TPSA) is 41.6 Å². The summed E-state index contributed by atoms with van der Waals surface area (Å²) in [6.07, 6.45) is 0.546. The van der Waals surface area contributed by atoms with Gasteiger partial charge in [-0.25, -0.2) is 9.18 Å². The van der Waals surface area contributed by atoms with Crippen LogP contribution >= 0.6 is 11.6 Å². The first-order chi connectivity index (χ1) is 12.0. The zero-order valence-corrected chi connectivity index (χ0v) is 14.7. The lowest BCUT2D eigenvalue weighted by molar-refractivity contribution is 0.142.